The molecule has 0 amide bonds. The molecule has 0 bridgehead atoms. The summed E-state index contributed by atoms with van der Waals surface area (Å²) in [5.74, 6) is 0. The van der Waals surface area contributed by atoms with Gasteiger partial charge in [-0.1, -0.05) is 44.9 Å². The Morgan fingerprint density at radius 2 is 1.06 bits per heavy atom. The van der Waals surface area contributed by atoms with E-state index in [2.05, 4.69) is 0 Å². The van der Waals surface area contributed by atoms with Gasteiger partial charge in [-0.2, -0.15) is 13.2 Å². The molecule has 0 saturated carbocycles. The molecule has 7 heteroatoms. The molecule has 0 aliphatic heterocycles. The molecule has 0 aliphatic rings. The molecule has 0 rings (SSSR count). The van der Waals surface area contributed by atoms with E-state index >= 15 is 0 Å². The first-order valence-corrected chi connectivity index (χ1v) is 11.6. The summed E-state index contributed by atoms with van der Waals surface area (Å²) in [6.45, 7) is 0. The smallest absolute Gasteiger partial charge is 0.171 e. The van der Waals surface area contributed by atoms with Gasteiger partial charge in [0.2, 0.25) is 0 Å². The van der Waals surface area contributed by atoms with Crippen LogP contribution in [0.3, 0.4) is 0 Å². The van der Waals surface area contributed by atoms with Crippen LogP contribution in [0.15, 0.2) is 0 Å². The second-order valence-electron chi connectivity index (χ2n) is 4.56. The Labute approximate surface area is 122 Å². The van der Waals surface area contributed by atoms with Crippen LogP contribution in [0.4, 0.5) is 13.2 Å². The van der Waals surface area contributed by atoms with E-state index in [1.54, 1.807) is 0 Å². The molecule has 0 N–H and O–H groups in total. The van der Waals surface area contributed by atoms with Crippen molar-refractivity contribution in [2.75, 3.05) is 0 Å². The summed E-state index contributed by atoms with van der Waals surface area (Å²) in [4.78, 5) is 0. The van der Waals surface area contributed by atoms with Crippen LogP contribution >= 0.6 is 33.2 Å². The predicted molar refractivity (Wildman–Crippen MR) is 75.7 cm³/mol. The normalized spacial score (nSPS) is 13.0. The van der Waals surface area contributed by atoms with E-state index < -0.39 is 18.6 Å². The van der Waals surface area contributed by atoms with Gasteiger partial charge < -0.3 is 0 Å². The molecule has 0 aromatic rings. The van der Waals surface area contributed by atoms with Crippen LogP contribution < -0.4 is 0 Å². The summed E-state index contributed by atoms with van der Waals surface area (Å²) in [7, 11) is 0. The average Bonchev–Trinajstić information content (AvgIpc) is 2.17. The molecular formula is C11H20Cl3F3Si. The lowest BCUT2D eigenvalue weighted by Gasteiger charge is -2.07. The van der Waals surface area contributed by atoms with Gasteiger partial charge in [-0.15, -0.1) is 33.2 Å². The highest BCUT2D eigenvalue weighted by molar-refractivity contribution is 7.64. The van der Waals surface area contributed by atoms with Gasteiger partial charge in [0.1, 0.15) is 0 Å². The first-order valence-electron chi connectivity index (χ1n) is 6.34. The molecule has 0 radical (unpaired) electrons. The Hall–Kier alpha value is 0.877. The van der Waals surface area contributed by atoms with E-state index in [4.69, 9.17) is 33.2 Å². The molecule has 0 fully saturated rings. The lowest BCUT2D eigenvalue weighted by atomic mass is 10.1. The van der Waals surface area contributed by atoms with Gasteiger partial charge in [0, 0.05) is 6.42 Å². The van der Waals surface area contributed by atoms with Crippen molar-refractivity contribution in [2.24, 2.45) is 0 Å². The quantitative estimate of drug-likeness (QED) is 0.235. The molecule has 0 aliphatic carbocycles. The molecule has 0 nitrogen and oxygen atoms in total. The summed E-state index contributed by atoms with van der Waals surface area (Å²) >= 11 is 17.2. The van der Waals surface area contributed by atoms with Crippen molar-refractivity contribution in [1.82, 2.24) is 0 Å². The van der Waals surface area contributed by atoms with Crippen molar-refractivity contribution in [2.45, 2.75) is 70.0 Å². The number of hydrogen-bond acceptors (Lipinski definition) is 0. The van der Waals surface area contributed by atoms with Crippen molar-refractivity contribution < 1.29 is 13.2 Å². The molecule has 110 valence electrons. The van der Waals surface area contributed by atoms with Crippen LogP contribution in [-0.4, -0.2) is 12.2 Å². The summed E-state index contributed by atoms with van der Waals surface area (Å²) in [5, 5.41) is 0. The zero-order chi connectivity index (χ0) is 14.1. The second-order valence-corrected chi connectivity index (χ2v) is 13.8. The zero-order valence-electron chi connectivity index (χ0n) is 10.3. The van der Waals surface area contributed by atoms with Crippen LogP contribution in [0.2, 0.25) is 6.04 Å². The minimum atomic E-state index is -4.00. The fourth-order valence-electron chi connectivity index (χ4n) is 1.71. The highest BCUT2D eigenvalue weighted by Crippen LogP contribution is 2.27. The van der Waals surface area contributed by atoms with Crippen molar-refractivity contribution in [1.29, 1.82) is 0 Å². The van der Waals surface area contributed by atoms with Crippen LogP contribution in [0, 0.1) is 0 Å². The number of hydrogen-bond donors (Lipinski definition) is 0. The molecule has 0 unspecified atom stereocenters. The van der Waals surface area contributed by atoms with E-state index in [0.717, 1.165) is 38.5 Å². The fourth-order valence-corrected chi connectivity index (χ4v) is 3.57. The minimum Gasteiger partial charge on any atom is -0.171 e. The molecule has 0 heterocycles. The Balaban J connectivity index is 3.13. The molecule has 0 spiro atoms. The van der Waals surface area contributed by atoms with E-state index in [-0.39, 0.29) is 6.42 Å². The van der Waals surface area contributed by atoms with Crippen molar-refractivity contribution >= 4 is 39.2 Å². The summed E-state index contributed by atoms with van der Waals surface area (Å²) in [6.07, 6.45) is 2.28. The highest BCUT2D eigenvalue weighted by atomic mass is 35.8. The molecular weight excluding hydrogens is 324 g/mol. The standard InChI is InChI=1S/C11H20Cl3F3Si/c12-18(13,14)10-8-6-4-2-1-3-5-7-9-11(15,16)17/h1-10H2. The maximum Gasteiger partial charge on any atom is 0.389 e. The van der Waals surface area contributed by atoms with Crippen molar-refractivity contribution in [3.8, 4) is 0 Å². The summed E-state index contributed by atoms with van der Waals surface area (Å²) in [5.41, 5.74) is 0. The Bertz CT molecular complexity index is 183. The number of unbranched alkanes of at least 4 members (excludes halogenated alkanes) is 7. The minimum absolute atomic E-state index is 0.252. The maximum absolute atomic E-state index is 11.8. The predicted octanol–water partition coefficient (Wildman–Crippen LogP) is 6.71. The molecule has 0 atom stereocenters. The van der Waals surface area contributed by atoms with Crippen LogP contribution in [0.5, 0.6) is 0 Å². The van der Waals surface area contributed by atoms with Crippen molar-refractivity contribution in [3.63, 3.8) is 0 Å². The first-order chi connectivity index (χ1) is 8.21. The summed E-state index contributed by atoms with van der Waals surface area (Å²) in [6, 6.07) is -1.75. The SMILES string of the molecule is FC(F)(F)CCCCCCCCCC[Si](Cl)(Cl)Cl. The van der Waals surface area contributed by atoms with Crippen molar-refractivity contribution in [3.05, 3.63) is 0 Å². The Morgan fingerprint density at radius 3 is 1.44 bits per heavy atom. The van der Waals surface area contributed by atoms with E-state index in [0.29, 0.717) is 12.5 Å². The van der Waals surface area contributed by atoms with Crippen LogP contribution in [0.1, 0.15) is 57.8 Å². The fraction of sp³-hybridized carbons (Fsp3) is 1.00. The van der Waals surface area contributed by atoms with Crippen LogP contribution in [-0.2, 0) is 0 Å². The lowest BCUT2D eigenvalue weighted by Crippen LogP contribution is -2.07. The van der Waals surface area contributed by atoms with Gasteiger partial charge in [-0.3, -0.25) is 0 Å². The lowest BCUT2D eigenvalue weighted by molar-refractivity contribution is -0.135. The topological polar surface area (TPSA) is 0 Å². The average molecular weight is 344 g/mol. The number of halogens is 6. The van der Waals surface area contributed by atoms with E-state index in [1.165, 1.54) is 0 Å². The first kappa shape index (κ1) is 18.9. The largest absolute Gasteiger partial charge is 0.389 e. The van der Waals surface area contributed by atoms with E-state index in [9.17, 15) is 13.2 Å². The van der Waals surface area contributed by atoms with Gasteiger partial charge >= 0.3 is 12.2 Å². The third-order valence-electron chi connectivity index (χ3n) is 2.67. The summed E-state index contributed by atoms with van der Waals surface area (Å²) < 4.78 is 35.5. The molecule has 0 aromatic heterocycles. The zero-order valence-corrected chi connectivity index (χ0v) is 13.6. The van der Waals surface area contributed by atoms with Gasteiger partial charge in [-0.25, -0.2) is 0 Å². The van der Waals surface area contributed by atoms with E-state index in [1.807, 2.05) is 0 Å². The second kappa shape index (κ2) is 9.73. The Kier molecular flexibility index (Phi) is 10.2. The number of alkyl halides is 3. The maximum atomic E-state index is 11.8. The molecule has 0 saturated heterocycles. The molecule has 0 aromatic carbocycles. The number of rotatable bonds is 10. The van der Waals surface area contributed by atoms with Gasteiger partial charge in [0.15, 0.2) is 0 Å². The van der Waals surface area contributed by atoms with Crippen LogP contribution in [0.25, 0.3) is 0 Å². The van der Waals surface area contributed by atoms with Gasteiger partial charge in [-0.05, 0) is 12.5 Å². The highest BCUT2D eigenvalue weighted by Gasteiger charge is 2.25. The third-order valence-corrected chi connectivity index (χ3v) is 5.29. The molecule has 18 heavy (non-hydrogen) atoms. The Morgan fingerprint density at radius 1 is 0.667 bits per heavy atom. The van der Waals surface area contributed by atoms with Gasteiger partial charge in [0.05, 0.1) is 0 Å². The third kappa shape index (κ3) is 16.9. The monoisotopic (exact) mass is 342 g/mol. The van der Waals surface area contributed by atoms with Gasteiger partial charge in [0.25, 0.3) is 0 Å².